The summed E-state index contributed by atoms with van der Waals surface area (Å²) in [6, 6.07) is 3.86. The molecule has 2 aromatic rings. The number of nitrogens with zero attached hydrogens (tertiary/aromatic N) is 1. The number of H-pyrrole nitrogens is 1. The summed E-state index contributed by atoms with van der Waals surface area (Å²) in [5, 5.41) is 7.17. The lowest BCUT2D eigenvalue weighted by Crippen LogP contribution is -2.32. The molecule has 2 heterocycles. The molecule has 0 unspecified atom stereocenters. The van der Waals surface area contributed by atoms with Crippen molar-refractivity contribution in [2.75, 3.05) is 19.6 Å². The van der Waals surface area contributed by atoms with Crippen molar-refractivity contribution in [2.45, 2.75) is 19.8 Å². The van der Waals surface area contributed by atoms with Gasteiger partial charge in [-0.1, -0.05) is 6.92 Å². The van der Waals surface area contributed by atoms with Crippen LogP contribution < -0.4 is 10.6 Å². The summed E-state index contributed by atoms with van der Waals surface area (Å²) in [7, 11) is 0. The topological polar surface area (TPSA) is 69.8 Å². The lowest BCUT2D eigenvalue weighted by molar-refractivity contribution is -0.120. The first-order valence-corrected chi connectivity index (χ1v) is 6.69. The molecule has 5 nitrogen and oxygen atoms in total. The van der Waals surface area contributed by atoms with Gasteiger partial charge in [0, 0.05) is 30.9 Å². The molecule has 0 aliphatic heterocycles. The highest BCUT2D eigenvalue weighted by molar-refractivity contribution is 5.86. The minimum absolute atomic E-state index is 0.0445. The van der Waals surface area contributed by atoms with Crippen LogP contribution in [0.3, 0.4) is 0 Å². The molecular formula is C14H20N4O. The van der Waals surface area contributed by atoms with Gasteiger partial charge in [0.2, 0.25) is 5.91 Å². The van der Waals surface area contributed by atoms with Gasteiger partial charge in [-0.3, -0.25) is 4.79 Å². The monoisotopic (exact) mass is 260 g/mol. The molecule has 0 atom stereocenters. The Balaban J connectivity index is 1.82. The highest BCUT2D eigenvalue weighted by Crippen LogP contribution is 2.15. The second-order valence-corrected chi connectivity index (χ2v) is 4.49. The Morgan fingerprint density at radius 1 is 1.37 bits per heavy atom. The number of aromatic amines is 1. The molecule has 0 aliphatic carbocycles. The maximum atomic E-state index is 11.8. The van der Waals surface area contributed by atoms with E-state index < -0.39 is 0 Å². The zero-order valence-corrected chi connectivity index (χ0v) is 11.2. The highest BCUT2D eigenvalue weighted by Gasteiger charge is 2.08. The van der Waals surface area contributed by atoms with Gasteiger partial charge in [0.25, 0.3) is 0 Å². The molecule has 102 valence electrons. The van der Waals surface area contributed by atoms with Gasteiger partial charge in [-0.25, -0.2) is 4.98 Å². The van der Waals surface area contributed by atoms with Crippen LogP contribution in [0.25, 0.3) is 11.0 Å². The zero-order chi connectivity index (χ0) is 13.5. The van der Waals surface area contributed by atoms with Crippen molar-refractivity contribution >= 4 is 16.9 Å². The molecule has 0 aromatic carbocycles. The quantitative estimate of drug-likeness (QED) is 0.656. The van der Waals surface area contributed by atoms with Crippen molar-refractivity contribution in [3.8, 4) is 0 Å². The Kier molecular flexibility index (Phi) is 4.92. The molecule has 19 heavy (non-hydrogen) atoms. The Bertz CT molecular complexity index is 535. The first-order valence-electron chi connectivity index (χ1n) is 6.69. The SMILES string of the molecule is CCCNCCNC(=O)Cc1c[nH]c2ncccc12. The number of amides is 1. The standard InChI is InChI=1S/C14H20N4O/c1-2-5-15-7-8-16-13(19)9-11-10-18-14-12(11)4-3-6-17-14/h3-4,6,10,15H,2,5,7-9H2,1H3,(H,16,19)(H,17,18). The summed E-state index contributed by atoms with van der Waals surface area (Å²) < 4.78 is 0. The average Bonchev–Trinajstić information content (AvgIpc) is 2.82. The number of hydrogen-bond donors (Lipinski definition) is 3. The molecule has 0 spiro atoms. The van der Waals surface area contributed by atoms with E-state index in [0.717, 1.165) is 36.1 Å². The fourth-order valence-electron chi connectivity index (χ4n) is 1.99. The van der Waals surface area contributed by atoms with E-state index in [4.69, 9.17) is 0 Å². The highest BCUT2D eigenvalue weighted by atomic mass is 16.1. The molecule has 0 fully saturated rings. The number of pyridine rings is 1. The normalized spacial score (nSPS) is 10.8. The third-order valence-corrected chi connectivity index (χ3v) is 2.94. The molecule has 0 aliphatic rings. The van der Waals surface area contributed by atoms with E-state index in [1.165, 1.54) is 0 Å². The minimum atomic E-state index is 0.0445. The number of fused-ring (bicyclic) bond motifs is 1. The number of carbonyl (C=O) groups excluding carboxylic acids is 1. The van der Waals surface area contributed by atoms with Gasteiger partial charge < -0.3 is 15.6 Å². The van der Waals surface area contributed by atoms with E-state index in [2.05, 4.69) is 27.5 Å². The molecule has 3 N–H and O–H groups in total. The van der Waals surface area contributed by atoms with Gasteiger partial charge >= 0.3 is 0 Å². The predicted molar refractivity (Wildman–Crippen MR) is 76.0 cm³/mol. The van der Waals surface area contributed by atoms with E-state index in [1.807, 2.05) is 18.3 Å². The number of rotatable bonds is 7. The van der Waals surface area contributed by atoms with Crippen molar-refractivity contribution in [3.63, 3.8) is 0 Å². The van der Waals surface area contributed by atoms with Crippen LogP contribution in [0, 0.1) is 0 Å². The van der Waals surface area contributed by atoms with Crippen LogP contribution in [0.5, 0.6) is 0 Å². The lowest BCUT2D eigenvalue weighted by atomic mass is 10.1. The zero-order valence-electron chi connectivity index (χ0n) is 11.2. The molecule has 5 heteroatoms. The first-order chi connectivity index (χ1) is 9.31. The fraction of sp³-hybridized carbons (Fsp3) is 0.429. The summed E-state index contributed by atoms with van der Waals surface area (Å²) in [6.07, 6.45) is 5.09. The van der Waals surface area contributed by atoms with E-state index in [-0.39, 0.29) is 5.91 Å². The van der Waals surface area contributed by atoms with Gasteiger partial charge in [0.05, 0.1) is 6.42 Å². The Hall–Kier alpha value is -1.88. The third kappa shape index (κ3) is 3.79. The van der Waals surface area contributed by atoms with Gasteiger partial charge in [0.1, 0.15) is 5.65 Å². The second-order valence-electron chi connectivity index (χ2n) is 4.49. The molecule has 0 radical (unpaired) electrons. The molecule has 1 amide bonds. The lowest BCUT2D eigenvalue weighted by Gasteiger charge is -2.05. The number of aromatic nitrogens is 2. The summed E-state index contributed by atoms with van der Waals surface area (Å²) in [5.74, 6) is 0.0445. The van der Waals surface area contributed by atoms with E-state index in [0.29, 0.717) is 13.0 Å². The van der Waals surface area contributed by atoms with Crippen molar-refractivity contribution in [3.05, 3.63) is 30.1 Å². The molecule has 2 aromatic heterocycles. The molecular weight excluding hydrogens is 240 g/mol. The molecule has 0 bridgehead atoms. The van der Waals surface area contributed by atoms with Crippen molar-refractivity contribution < 1.29 is 4.79 Å². The smallest absolute Gasteiger partial charge is 0.224 e. The fourth-order valence-corrected chi connectivity index (χ4v) is 1.99. The van der Waals surface area contributed by atoms with Gasteiger partial charge in [-0.2, -0.15) is 0 Å². The van der Waals surface area contributed by atoms with Crippen LogP contribution >= 0.6 is 0 Å². The maximum absolute atomic E-state index is 11.8. The Morgan fingerprint density at radius 2 is 2.26 bits per heavy atom. The number of carbonyl (C=O) groups is 1. The van der Waals surface area contributed by atoms with E-state index in [1.54, 1.807) is 6.20 Å². The van der Waals surface area contributed by atoms with Crippen LogP contribution in [0.1, 0.15) is 18.9 Å². The van der Waals surface area contributed by atoms with Crippen LogP contribution in [0.2, 0.25) is 0 Å². The first kappa shape index (κ1) is 13.5. The summed E-state index contributed by atoms with van der Waals surface area (Å²) >= 11 is 0. The summed E-state index contributed by atoms with van der Waals surface area (Å²) in [6.45, 7) is 4.59. The number of nitrogens with one attached hydrogen (secondary N) is 3. The van der Waals surface area contributed by atoms with Crippen LogP contribution in [0.4, 0.5) is 0 Å². The van der Waals surface area contributed by atoms with Crippen molar-refractivity contribution in [1.29, 1.82) is 0 Å². The Labute approximate surface area is 112 Å². The van der Waals surface area contributed by atoms with Crippen molar-refractivity contribution in [1.82, 2.24) is 20.6 Å². The minimum Gasteiger partial charge on any atom is -0.355 e. The molecule has 0 saturated heterocycles. The largest absolute Gasteiger partial charge is 0.355 e. The van der Waals surface area contributed by atoms with E-state index in [9.17, 15) is 4.79 Å². The Morgan fingerprint density at radius 3 is 3.11 bits per heavy atom. The van der Waals surface area contributed by atoms with Crippen molar-refractivity contribution in [2.24, 2.45) is 0 Å². The number of hydrogen-bond acceptors (Lipinski definition) is 3. The summed E-state index contributed by atoms with van der Waals surface area (Å²) in [5.41, 5.74) is 1.82. The maximum Gasteiger partial charge on any atom is 0.224 e. The third-order valence-electron chi connectivity index (χ3n) is 2.94. The average molecular weight is 260 g/mol. The summed E-state index contributed by atoms with van der Waals surface area (Å²) in [4.78, 5) is 19.1. The van der Waals surface area contributed by atoms with Gasteiger partial charge in [-0.05, 0) is 30.7 Å². The van der Waals surface area contributed by atoms with Crippen LogP contribution in [0.15, 0.2) is 24.5 Å². The second kappa shape index (κ2) is 6.89. The van der Waals surface area contributed by atoms with Crippen LogP contribution in [-0.4, -0.2) is 35.5 Å². The van der Waals surface area contributed by atoms with E-state index >= 15 is 0 Å². The molecule has 0 saturated carbocycles. The predicted octanol–water partition coefficient (Wildman–Crippen LogP) is 1.22. The van der Waals surface area contributed by atoms with Gasteiger partial charge in [-0.15, -0.1) is 0 Å². The van der Waals surface area contributed by atoms with Crippen LogP contribution in [-0.2, 0) is 11.2 Å². The molecule has 2 rings (SSSR count). The van der Waals surface area contributed by atoms with Gasteiger partial charge in [0.15, 0.2) is 0 Å².